The summed E-state index contributed by atoms with van der Waals surface area (Å²) in [5.41, 5.74) is 14.0. The summed E-state index contributed by atoms with van der Waals surface area (Å²) in [5, 5.41) is 12.6. The predicted octanol–water partition coefficient (Wildman–Crippen LogP) is 14.2. The Kier molecular flexibility index (Phi) is 7.01. The van der Waals surface area contributed by atoms with E-state index >= 15 is 0 Å². The third-order valence-electron chi connectivity index (χ3n) is 12.4. The van der Waals surface area contributed by atoms with Crippen LogP contribution in [0.2, 0.25) is 0 Å². The molecular weight excluding hydrogens is 744 g/mol. The second kappa shape index (κ2) is 11.9. The van der Waals surface area contributed by atoms with Crippen LogP contribution < -0.4 is 15.6 Å². The van der Waals surface area contributed by atoms with E-state index in [9.17, 15) is 0 Å². The van der Waals surface area contributed by atoms with Gasteiger partial charge in [0.05, 0.1) is 11.2 Å². The average molecular weight is 784 g/mol. The largest absolute Gasteiger partial charge is 0.456 e. The number of hydrogen-bond donors (Lipinski definition) is 1. The molecule has 0 fully saturated rings. The summed E-state index contributed by atoms with van der Waals surface area (Å²) in [7, 11) is 2.47. The lowest BCUT2D eigenvalue weighted by atomic mass is 9.63. The lowest BCUT2D eigenvalue weighted by molar-refractivity contribution is 0.590. The smallest absolute Gasteiger partial charge is 0.211 e. The Morgan fingerprint density at radius 3 is 2.09 bits per heavy atom. The lowest BCUT2D eigenvalue weighted by Gasteiger charge is -2.23. The van der Waals surface area contributed by atoms with E-state index in [1.807, 2.05) is 28.7 Å². The second-order valence-electron chi connectivity index (χ2n) is 18.1. The maximum atomic E-state index is 6.58. The van der Waals surface area contributed by atoms with Crippen molar-refractivity contribution in [1.29, 1.82) is 0 Å². The van der Waals surface area contributed by atoms with E-state index in [4.69, 9.17) is 4.42 Å². The van der Waals surface area contributed by atoms with Gasteiger partial charge in [0.25, 0.3) is 0 Å². The topological polar surface area (TPSA) is 30.1 Å². The Morgan fingerprint density at radius 1 is 0.534 bits per heavy atom. The van der Waals surface area contributed by atoms with Gasteiger partial charge in [-0.25, -0.2) is 0 Å². The average Bonchev–Trinajstić information content (AvgIpc) is 3.95. The molecule has 0 atom stereocenters. The molecule has 1 aliphatic rings. The predicted molar refractivity (Wildman–Crippen MR) is 254 cm³/mol. The van der Waals surface area contributed by atoms with Crippen molar-refractivity contribution in [2.75, 3.05) is 5.32 Å². The van der Waals surface area contributed by atoms with Crippen molar-refractivity contribution in [3.05, 3.63) is 139 Å². The standard InChI is InChI=1S/C52H40BN2OS2/c1-51(2,3)28-15-18-30(19-16-28)54-40-24-37-31-11-7-9-13-42(31)56-43(37)26-35(40)33-20-21-34-36-27-46-38(32-12-8-10-14-44(32)57-46)25-41(36)55-48(34)47(33)53-50-49(55)39-23-29(52(4,5)6)17-22-45(39)58-50/h7-27,54H,1-6H3. The van der Waals surface area contributed by atoms with Crippen LogP contribution in [0, 0.1) is 0 Å². The first-order valence-electron chi connectivity index (χ1n) is 20.2. The zero-order chi connectivity index (χ0) is 39.2. The van der Waals surface area contributed by atoms with Crippen LogP contribution in [-0.4, -0.2) is 11.8 Å². The summed E-state index contributed by atoms with van der Waals surface area (Å²) in [4.78, 5) is 0. The Morgan fingerprint density at radius 2 is 1.28 bits per heavy atom. The fourth-order valence-electron chi connectivity index (χ4n) is 9.30. The normalized spacial score (nSPS) is 13.1. The molecule has 58 heavy (non-hydrogen) atoms. The van der Waals surface area contributed by atoms with Crippen molar-refractivity contribution in [3.63, 3.8) is 0 Å². The van der Waals surface area contributed by atoms with E-state index in [1.165, 1.54) is 84.7 Å². The molecule has 3 nitrogen and oxygen atoms in total. The number of nitrogens with zero attached hydrogens (tertiary/aromatic N) is 1. The molecule has 1 N–H and O–H groups in total. The van der Waals surface area contributed by atoms with Crippen LogP contribution in [0.5, 0.6) is 0 Å². The molecule has 0 saturated carbocycles. The number of nitrogens with one attached hydrogen (secondary N) is 1. The van der Waals surface area contributed by atoms with Gasteiger partial charge < -0.3 is 14.3 Å². The lowest BCUT2D eigenvalue weighted by Crippen LogP contribution is -2.35. The molecule has 6 heteroatoms. The fourth-order valence-corrected chi connectivity index (χ4v) is 11.5. The molecule has 12 rings (SSSR count). The number of aromatic nitrogens is 1. The zero-order valence-electron chi connectivity index (χ0n) is 33.4. The Labute approximate surface area is 345 Å². The number of rotatable bonds is 3. The molecule has 7 aromatic carbocycles. The molecule has 0 bridgehead atoms. The molecule has 0 saturated heterocycles. The van der Waals surface area contributed by atoms with E-state index in [-0.39, 0.29) is 10.8 Å². The van der Waals surface area contributed by atoms with Crippen LogP contribution in [0.4, 0.5) is 11.4 Å². The zero-order valence-corrected chi connectivity index (χ0v) is 35.0. The number of fused-ring (bicyclic) bond motifs is 13. The number of para-hydroxylation sites is 1. The second-order valence-corrected chi connectivity index (χ2v) is 20.3. The van der Waals surface area contributed by atoms with Crippen LogP contribution in [-0.2, 0) is 10.8 Å². The van der Waals surface area contributed by atoms with Crippen molar-refractivity contribution in [3.8, 4) is 16.8 Å². The minimum Gasteiger partial charge on any atom is -0.456 e. The molecular formula is C52H40BN2OS2. The maximum absolute atomic E-state index is 6.58. The van der Waals surface area contributed by atoms with Crippen LogP contribution in [0.1, 0.15) is 52.7 Å². The van der Waals surface area contributed by atoms with Gasteiger partial charge >= 0.3 is 0 Å². The summed E-state index contributed by atoms with van der Waals surface area (Å²) in [6, 6.07) is 47.4. The molecule has 0 aliphatic carbocycles. The van der Waals surface area contributed by atoms with Crippen molar-refractivity contribution >= 4 is 126 Å². The first-order valence-corrected chi connectivity index (χ1v) is 21.8. The highest BCUT2D eigenvalue weighted by molar-refractivity contribution is 7.29. The SMILES string of the molecule is CC(C)(C)c1ccc(Nc2cc3c(cc2-c2ccc4c5cc6sc7ccccc7c6cc5n5c4c2[B]c2sc4ccc(C(C)(C)C)cc4c2-5)oc2ccccc23)cc1. The van der Waals surface area contributed by atoms with Gasteiger partial charge in [0.2, 0.25) is 7.28 Å². The van der Waals surface area contributed by atoms with E-state index in [0.29, 0.717) is 0 Å². The van der Waals surface area contributed by atoms with Crippen molar-refractivity contribution in [1.82, 2.24) is 4.57 Å². The van der Waals surface area contributed by atoms with Gasteiger partial charge in [0.1, 0.15) is 11.2 Å². The van der Waals surface area contributed by atoms with Gasteiger partial charge in [-0.2, -0.15) is 0 Å². The Bertz CT molecular complexity index is 3530. The van der Waals surface area contributed by atoms with Crippen LogP contribution in [0.25, 0.3) is 90.8 Å². The molecule has 1 radical (unpaired) electrons. The number of benzene rings is 7. The van der Waals surface area contributed by atoms with Crippen molar-refractivity contribution in [2.45, 2.75) is 52.4 Å². The van der Waals surface area contributed by atoms with Crippen molar-refractivity contribution in [2.24, 2.45) is 0 Å². The first-order chi connectivity index (χ1) is 28.0. The summed E-state index contributed by atoms with van der Waals surface area (Å²) >= 11 is 3.79. The van der Waals surface area contributed by atoms with Crippen LogP contribution in [0.15, 0.2) is 132 Å². The highest BCUT2D eigenvalue weighted by atomic mass is 32.1. The number of thiophene rings is 2. The van der Waals surface area contributed by atoms with Crippen LogP contribution >= 0.6 is 22.7 Å². The van der Waals surface area contributed by atoms with Gasteiger partial charge in [-0.15, -0.1) is 22.7 Å². The molecule has 1 aliphatic heterocycles. The maximum Gasteiger partial charge on any atom is 0.211 e. The van der Waals surface area contributed by atoms with Gasteiger partial charge in [-0.3, -0.25) is 0 Å². The van der Waals surface area contributed by atoms with Gasteiger partial charge in [-0.05, 0) is 98.4 Å². The van der Waals surface area contributed by atoms with Crippen LogP contribution in [0.3, 0.4) is 0 Å². The van der Waals surface area contributed by atoms with E-state index in [0.717, 1.165) is 38.9 Å². The highest BCUT2D eigenvalue weighted by Gasteiger charge is 2.31. The fraction of sp³-hybridized carbons (Fsp3) is 0.154. The monoisotopic (exact) mass is 783 g/mol. The molecule has 5 heterocycles. The third-order valence-corrected chi connectivity index (χ3v) is 14.6. The summed E-state index contributed by atoms with van der Waals surface area (Å²) in [6.07, 6.45) is 0. The molecule has 4 aromatic heterocycles. The minimum absolute atomic E-state index is 0.0358. The quantitative estimate of drug-likeness (QED) is 0.181. The van der Waals surface area contributed by atoms with Gasteiger partial charge in [-0.1, -0.05) is 108 Å². The molecule has 279 valence electrons. The molecule has 0 amide bonds. The summed E-state index contributed by atoms with van der Waals surface area (Å²) < 4.78 is 14.4. The molecule has 11 aromatic rings. The number of anilines is 2. The minimum atomic E-state index is 0.0358. The molecule has 0 spiro atoms. The Balaban J connectivity index is 1.16. The number of furan rings is 1. The van der Waals surface area contributed by atoms with E-state index < -0.39 is 0 Å². The van der Waals surface area contributed by atoms with Crippen molar-refractivity contribution < 1.29 is 4.42 Å². The Hall–Kier alpha value is -5.82. The van der Waals surface area contributed by atoms with E-state index in [2.05, 4.69) is 180 Å². The van der Waals surface area contributed by atoms with Gasteiger partial charge in [0, 0.05) is 74.3 Å². The summed E-state index contributed by atoms with van der Waals surface area (Å²) in [6.45, 7) is 13.7. The molecule has 0 unspecified atom stereocenters. The summed E-state index contributed by atoms with van der Waals surface area (Å²) in [5.74, 6) is 0. The number of hydrogen-bond acceptors (Lipinski definition) is 4. The third kappa shape index (κ3) is 4.98. The highest BCUT2D eigenvalue weighted by Crippen LogP contribution is 2.45. The van der Waals surface area contributed by atoms with Gasteiger partial charge in [0.15, 0.2) is 0 Å². The first kappa shape index (κ1) is 34.2. The van der Waals surface area contributed by atoms with E-state index in [1.54, 1.807) is 0 Å².